The Labute approximate surface area is 109 Å². The van der Waals surface area contributed by atoms with Crippen molar-refractivity contribution in [2.45, 2.75) is 37.9 Å². The highest BCUT2D eigenvalue weighted by atomic mass is 19.4. The van der Waals surface area contributed by atoms with Gasteiger partial charge >= 0.3 is 6.18 Å². The third-order valence-electron chi connectivity index (χ3n) is 3.65. The lowest BCUT2D eigenvalue weighted by atomic mass is 9.80. The predicted molar refractivity (Wildman–Crippen MR) is 65.7 cm³/mol. The summed E-state index contributed by atoms with van der Waals surface area (Å²) in [7, 11) is 0. The van der Waals surface area contributed by atoms with Crippen molar-refractivity contribution >= 4 is 5.78 Å². The average molecular weight is 271 g/mol. The van der Waals surface area contributed by atoms with E-state index in [-0.39, 0.29) is 17.7 Å². The maximum absolute atomic E-state index is 12.4. The molecule has 2 atom stereocenters. The molecule has 0 spiro atoms. The number of halogens is 3. The molecule has 1 saturated carbocycles. The van der Waals surface area contributed by atoms with E-state index >= 15 is 0 Å². The summed E-state index contributed by atoms with van der Waals surface area (Å²) < 4.78 is 37.3. The molecule has 19 heavy (non-hydrogen) atoms. The van der Waals surface area contributed by atoms with Gasteiger partial charge in [0.25, 0.3) is 0 Å². The Morgan fingerprint density at radius 1 is 1.11 bits per heavy atom. The van der Waals surface area contributed by atoms with E-state index in [1.165, 1.54) is 12.1 Å². The van der Waals surface area contributed by atoms with Gasteiger partial charge in [0.1, 0.15) is 0 Å². The molecular weight excluding hydrogens is 255 g/mol. The van der Waals surface area contributed by atoms with Crippen molar-refractivity contribution in [3.8, 4) is 0 Å². The quantitative estimate of drug-likeness (QED) is 0.838. The van der Waals surface area contributed by atoms with Gasteiger partial charge in [-0.3, -0.25) is 4.79 Å². The molecular formula is C14H16F3NO. The Balaban J connectivity index is 2.15. The average Bonchev–Trinajstić information content (AvgIpc) is 2.38. The summed E-state index contributed by atoms with van der Waals surface area (Å²) in [6, 6.07) is 4.20. The van der Waals surface area contributed by atoms with Gasteiger partial charge in [0.05, 0.1) is 5.56 Å². The van der Waals surface area contributed by atoms with E-state index in [9.17, 15) is 18.0 Å². The smallest absolute Gasteiger partial charge is 0.327 e. The number of hydrogen-bond acceptors (Lipinski definition) is 2. The van der Waals surface area contributed by atoms with Gasteiger partial charge in [0, 0.05) is 17.5 Å². The third kappa shape index (κ3) is 3.15. The zero-order chi connectivity index (χ0) is 14.0. The van der Waals surface area contributed by atoms with Crippen molar-refractivity contribution in [3.05, 3.63) is 35.4 Å². The fourth-order valence-corrected chi connectivity index (χ4v) is 2.52. The third-order valence-corrected chi connectivity index (χ3v) is 3.65. The molecule has 1 aromatic carbocycles. The van der Waals surface area contributed by atoms with Gasteiger partial charge in [0.2, 0.25) is 0 Å². The first kappa shape index (κ1) is 14.1. The van der Waals surface area contributed by atoms with Crippen molar-refractivity contribution in [1.29, 1.82) is 0 Å². The molecule has 2 N–H and O–H groups in total. The van der Waals surface area contributed by atoms with E-state index in [0.29, 0.717) is 5.56 Å². The van der Waals surface area contributed by atoms with Crippen LogP contribution in [0.15, 0.2) is 24.3 Å². The van der Waals surface area contributed by atoms with Gasteiger partial charge in [-0.25, -0.2) is 0 Å². The van der Waals surface area contributed by atoms with Crippen LogP contribution in [0.1, 0.15) is 41.6 Å². The molecule has 1 aliphatic carbocycles. The van der Waals surface area contributed by atoms with Gasteiger partial charge in [-0.05, 0) is 25.0 Å². The van der Waals surface area contributed by atoms with Crippen molar-refractivity contribution in [3.63, 3.8) is 0 Å². The number of benzene rings is 1. The molecule has 1 fully saturated rings. The van der Waals surface area contributed by atoms with E-state index < -0.39 is 11.7 Å². The van der Waals surface area contributed by atoms with Crippen molar-refractivity contribution in [1.82, 2.24) is 0 Å². The maximum Gasteiger partial charge on any atom is 0.416 e. The molecule has 1 aromatic rings. The summed E-state index contributed by atoms with van der Waals surface area (Å²) in [5.74, 6) is -0.397. The minimum Gasteiger partial charge on any atom is -0.327 e. The molecule has 0 heterocycles. The molecule has 0 aliphatic heterocycles. The standard InChI is InChI=1S/C14H16F3NO/c15-14(16,17)10-7-5-9(6-8-10)13(19)11-3-1-2-4-12(11)18/h5-8,11-12H,1-4,18H2. The molecule has 0 aromatic heterocycles. The summed E-state index contributed by atoms with van der Waals surface area (Å²) >= 11 is 0. The fraction of sp³-hybridized carbons (Fsp3) is 0.500. The lowest BCUT2D eigenvalue weighted by Gasteiger charge is -2.27. The molecule has 1 aliphatic rings. The van der Waals surface area contributed by atoms with Gasteiger partial charge in [-0.15, -0.1) is 0 Å². The van der Waals surface area contributed by atoms with Crippen LogP contribution in [0, 0.1) is 5.92 Å². The van der Waals surface area contributed by atoms with Crippen molar-refractivity contribution < 1.29 is 18.0 Å². The molecule has 104 valence electrons. The highest BCUT2D eigenvalue weighted by Crippen LogP contribution is 2.30. The van der Waals surface area contributed by atoms with Crippen LogP contribution in [0.3, 0.4) is 0 Å². The van der Waals surface area contributed by atoms with Crippen LogP contribution in [0.2, 0.25) is 0 Å². The SMILES string of the molecule is NC1CCCCC1C(=O)c1ccc(C(F)(F)F)cc1. The van der Waals surface area contributed by atoms with Crippen LogP contribution in [0.4, 0.5) is 13.2 Å². The van der Waals surface area contributed by atoms with Crippen LogP contribution in [-0.2, 0) is 6.18 Å². The first-order chi connectivity index (χ1) is 8.89. The predicted octanol–water partition coefficient (Wildman–Crippen LogP) is 3.41. The van der Waals surface area contributed by atoms with E-state index in [1.54, 1.807) is 0 Å². The van der Waals surface area contributed by atoms with E-state index in [1.807, 2.05) is 0 Å². The lowest BCUT2D eigenvalue weighted by Crippen LogP contribution is -2.38. The molecule has 0 amide bonds. The Bertz CT molecular complexity index is 453. The highest BCUT2D eigenvalue weighted by Gasteiger charge is 2.32. The second-order valence-electron chi connectivity index (χ2n) is 4.99. The van der Waals surface area contributed by atoms with Crippen LogP contribution >= 0.6 is 0 Å². The number of Topliss-reactive ketones (excluding diaryl/α,β-unsaturated/α-hetero) is 1. The molecule has 2 nitrogen and oxygen atoms in total. The molecule has 0 saturated heterocycles. The van der Waals surface area contributed by atoms with E-state index in [4.69, 9.17) is 5.73 Å². The highest BCUT2D eigenvalue weighted by molar-refractivity contribution is 5.98. The Kier molecular flexibility index (Phi) is 3.94. The number of rotatable bonds is 2. The Morgan fingerprint density at radius 3 is 2.21 bits per heavy atom. The largest absolute Gasteiger partial charge is 0.416 e. The summed E-state index contributed by atoms with van der Waals surface area (Å²) in [5, 5.41) is 0. The van der Waals surface area contributed by atoms with Gasteiger partial charge < -0.3 is 5.73 Å². The van der Waals surface area contributed by atoms with Gasteiger partial charge in [0.15, 0.2) is 5.78 Å². The number of alkyl halides is 3. The Hall–Kier alpha value is -1.36. The molecule has 0 bridgehead atoms. The number of carbonyl (C=O) groups is 1. The zero-order valence-corrected chi connectivity index (χ0v) is 10.4. The summed E-state index contributed by atoms with van der Waals surface area (Å²) in [5.41, 5.74) is 5.49. The first-order valence-corrected chi connectivity index (χ1v) is 6.36. The van der Waals surface area contributed by atoms with Crippen LogP contribution in [0.25, 0.3) is 0 Å². The molecule has 2 rings (SSSR count). The van der Waals surface area contributed by atoms with E-state index in [0.717, 1.165) is 37.8 Å². The van der Waals surface area contributed by atoms with Gasteiger partial charge in [-0.2, -0.15) is 13.2 Å². The topological polar surface area (TPSA) is 43.1 Å². The second kappa shape index (κ2) is 5.33. The molecule has 2 unspecified atom stereocenters. The number of ketones is 1. The maximum atomic E-state index is 12.4. The number of nitrogens with two attached hydrogens (primary N) is 1. The molecule has 5 heteroatoms. The minimum absolute atomic E-state index is 0.138. The Morgan fingerprint density at radius 2 is 1.68 bits per heavy atom. The van der Waals surface area contributed by atoms with Crippen LogP contribution < -0.4 is 5.73 Å². The second-order valence-corrected chi connectivity index (χ2v) is 4.99. The number of carbonyl (C=O) groups excluding carboxylic acids is 1. The minimum atomic E-state index is -4.37. The fourth-order valence-electron chi connectivity index (χ4n) is 2.52. The summed E-state index contributed by atoms with van der Waals surface area (Å²) in [6.07, 6.45) is -0.885. The summed E-state index contributed by atoms with van der Waals surface area (Å²) in [4.78, 5) is 12.2. The van der Waals surface area contributed by atoms with Crippen LogP contribution in [0.5, 0.6) is 0 Å². The zero-order valence-electron chi connectivity index (χ0n) is 10.4. The van der Waals surface area contributed by atoms with Crippen molar-refractivity contribution in [2.24, 2.45) is 11.7 Å². The first-order valence-electron chi connectivity index (χ1n) is 6.36. The normalized spacial score (nSPS) is 24.2. The summed E-state index contributed by atoms with van der Waals surface area (Å²) in [6.45, 7) is 0. The van der Waals surface area contributed by atoms with E-state index in [2.05, 4.69) is 0 Å². The van der Waals surface area contributed by atoms with Crippen LogP contribution in [-0.4, -0.2) is 11.8 Å². The van der Waals surface area contributed by atoms with Gasteiger partial charge in [-0.1, -0.05) is 25.0 Å². The lowest BCUT2D eigenvalue weighted by molar-refractivity contribution is -0.137. The molecule has 0 radical (unpaired) electrons. The monoisotopic (exact) mass is 271 g/mol. The van der Waals surface area contributed by atoms with Crippen molar-refractivity contribution in [2.75, 3.05) is 0 Å². The number of hydrogen-bond donors (Lipinski definition) is 1.